The molecule has 6 heteroatoms. The van der Waals surface area contributed by atoms with Gasteiger partial charge in [-0.3, -0.25) is 0 Å². The minimum Gasteiger partial charge on any atom is -0.358 e. The largest absolute Gasteiger partial charge is 0.358 e. The van der Waals surface area contributed by atoms with Gasteiger partial charge in [0.15, 0.2) is 5.44 Å². The van der Waals surface area contributed by atoms with Crippen LogP contribution < -0.4 is 0 Å². The van der Waals surface area contributed by atoms with Crippen LogP contribution in [0, 0.1) is 0 Å². The summed E-state index contributed by atoms with van der Waals surface area (Å²) >= 11 is 1.53. The van der Waals surface area contributed by atoms with Crippen LogP contribution in [0.3, 0.4) is 0 Å². The Hall–Kier alpha value is -1.66. The van der Waals surface area contributed by atoms with Gasteiger partial charge in [0.1, 0.15) is 12.0 Å². The minimum absolute atomic E-state index is 0.126. The van der Waals surface area contributed by atoms with Crippen molar-refractivity contribution in [1.82, 2.24) is 14.9 Å². The van der Waals surface area contributed by atoms with Crippen molar-refractivity contribution in [2.75, 3.05) is 0 Å². The number of ether oxygens (including phenoxy) is 1. The Morgan fingerprint density at radius 2 is 2.05 bits per heavy atom. The molecule has 1 aromatic heterocycles. The van der Waals surface area contributed by atoms with Crippen LogP contribution in [0.4, 0.5) is 0 Å². The number of aromatic nitrogens is 3. The zero-order valence-electron chi connectivity index (χ0n) is 10.7. The van der Waals surface area contributed by atoms with E-state index in [4.69, 9.17) is 4.74 Å². The van der Waals surface area contributed by atoms with Crippen molar-refractivity contribution in [2.24, 2.45) is 5.10 Å². The summed E-state index contributed by atoms with van der Waals surface area (Å²) in [6, 6.07) is 10.0. The van der Waals surface area contributed by atoms with E-state index in [1.54, 1.807) is 11.0 Å². The number of hydrogen-bond acceptors (Lipinski definition) is 5. The lowest BCUT2D eigenvalue weighted by molar-refractivity contribution is 0.0910. The van der Waals surface area contributed by atoms with E-state index in [9.17, 15) is 0 Å². The molecule has 1 aliphatic rings. The molecule has 0 spiro atoms. The molecule has 0 saturated heterocycles. The van der Waals surface area contributed by atoms with Crippen LogP contribution >= 0.6 is 11.8 Å². The summed E-state index contributed by atoms with van der Waals surface area (Å²) in [5.41, 5.74) is 1.80. The highest BCUT2D eigenvalue weighted by molar-refractivity contribution is 8.00. The molecule has 98 valence electrons. The molecule has 1 aliphatic heterocycles. The molecule has 0 amide bonds. The van der Waals surface area contributed by atoms with Gasteiger partial charge in [0.05, 0.1) is 6.10 Å². The molecule has 3 rings (SSSR count). The molecule has 1 aromatic carbocycles. The molecule has 0 fully saturated rings. The standard InChI is InChI=1S/C13H14N4OS/c1-9(2)18-12-11(10-6-4-3-5-7-10)16-17-8-14-15-13(17)19-12/h3-9,12H,1-2H3. The normalized spacial score (nSPS) is 18.3. The van der Waals surface area contributed by atoms with Crippen LogP contribution in [-0.4, -0.2) is 32.1 Å². The SMILES string of the molecule is CC(C)OC1Sc2nncn2N=C1c1ccccc1. The fourth-order valence-corrected chi connectivity index (χ4v) is 2.88. The maximum absolute atomic E-state index is 5.94. The lowest BCUT2D eigenvalue weighted by atomic mass is 10.1. The van der Waals surface area contributed by atoms with Crippen molar-refractivity contribution >= 4 is 17.5 Å². The molecule has 0 radical (unpaired) electrons. The Labute approximate surface area is 115 Å². The van der Waals surface area contributed by atoms with Gasteiger partial charge in [0, 0.05) is 5.56 Å². The molecule has 2 aromatic rings. The van der Waals surface area contributed by atoms with Crippen LogP contribution in [0.2, 0.25) is 0 Å². The topological polar surface area (TPSA) is 52.3 Å². The van der Waals surface area contributed by atoms with Crippen molar-refractivity contribution in [2.45, 2.75) is 30.5 Å². The molecule has 0 aliphatic carbocycles. The minimum atomic E-state index is -0.154. The second-order valence-corrected chi connectivity index (χ2v) is 5.47. The second-order valence-electron chi connectivity index (χ2n) is 4.44. The first-order chi connectivity index (χ1) is 9.24. The predicted molar refractivity (Wildman–Crippen MR) is 74.3 cm³/mol. The fourth-order valence-electron chi connectivity index (χ4n) is 1.82. The molecular formula is C13H14N4OS. The molecule has 1 unspecified atom stereocenters. The Bertz CT molecular complexity index is 594. The van der Waals surface area contributed by atoms with E-state index >= 15 is 0 Å². The summed E-state index contributed by atoms with van der Waals surface area (Å²) in [5, 5.41) is 13.2. The molecule has 0 bridgehead atoms. The molecule has 19 heavy (non-hydrogen) atoms. The zero-order valence-corrected chi connectivity index (χ0v) is 11.5. The van der Waals surface area contributed by atoms with Crippen molar-refractivity contribution in [3.8, 4) is 0 Å². The van der Waals surface area contributed by atoms with Gasteiger partial charge in [-0.1, -0.05) is 30.3 Å². The lowest BCUT2D eigenvalue weighted by Crippen LogP contribution is -2.29. The average molecular weight is 274 g/mol. The number of benzene rings is 1. The van der Waals surface area contributed by atoms with Gasteiger partial charge >= 0.3 is 0 Å². The molecule has 5 nitrogen and oxygen atoms in total. The quantitative estimate of drug-likeness (QED) is 0.862. The molecule has 1 atom stereocenters. The third-order valence-electron chi connectivity index (χ3n) is 2.62. The third-order valence-corrected chi connectivity index (χ3v) is 3.64. The predicted octanol–water partition coefficient (Wildman–Crippen LogP) is 2.39. The number of rotatable bonds is 3. The van der Waals surface area contributed by atoms with Crippen LogP contribution in [0.1, 0.15) is 19.4 Å². The molecule has 0 saturated carbocycles. The number of fused-ring (bicyclic) bond motifs is 1. The fraction of sp³-hybridized carbons (Fsp3) is 0.308. The maximum atomic E-state index is 5.94. The number of thioether (sulfide) groups is 1. The van der Waals surface area contributed by atoms with E-state index < -0.39 is 0 Å². The van der Waals surface area contributed by atoms with Gasteiger partial charge in [-0.05, 0) is 25.6 Å². The van der Waals surface area contributed by atoms with Crippen LogP contribution in [-0.2, 0) is 4.74 Å². The first kappa shape index (κ1) is 12.4. The van der Waals surface area contributed by atoms with E-state index in [1.165, 1.54) is 11.8 Å². The van der Waals surface area contributed by atoms with Gasteiger partial charge in [0.2, 0.25) is 5.16 Å². The maximum Gasteiger partial charge on any atom is 0.214 e. The van der Waals surface area contributed by atoms with Gasteiger partial charge in [0.25, 0.3) is 0 Å². The Kier molecular flexibility index (Phi) is 3.35. The van der Waals surface area contributed by atoms with Gasteiger partial charge in [-0.2, -0.15) is 9.78 Å². The first-order valence-electron chi connectivity index (χ1n) is 6.10. The van der Waals surface area contributed by atoms with Crippen molar-refractivity contribution < 1.29 is 4.74 Å². The van der Waals surface area contributed by atoms with E-state index in [0.717, 1.165) is 16.4 Å². The summed E-state index contributed by atoms with van der Waals surface area (Å²) in [6.07, 6.45) is 1.73. The third kappa shape index (κ3) is 2.54. The molecular weight excluding hydrogens is 260 g/mol. The highest BCUT2D eigenvalue weighted by atomic mass is 32.2. The average Bonchev–Trinajstić information content (AvgIpc) is 2.85. The van der Waals surface area contributed by atoms with E-state index in [-0.39, 0.29) is 11.5 Å². The first-order valence-corrected chi connectivity index (χ1v) is 6.98. The highest BCUT2D eigenvalue weighted by Gasteiger charge is 2.28. The van der Waals surface area contributed by atoms with E-state index in [0.29, 0.717) is 0 Å². The summed E-state index contributed by atoms with van der Waals surface area (Å²) in [5.74, 6) is 0. The zero-order chi connectivity index (χ0) is 13.2. The second kappa shape index (κ2) is 5.14. The van der Waals surface area contributed by atoms with Crippen LogP contribution in [0.5, 0.6) is 0 Å². The van der Waals surface area contributed by atoms with Gasteiger partial charge < -0.3 is 4.74 Å². The summed E-state index contributed by atoms with van der Waals surface area (Å²) in [4.78, 5) is 0. The highest BCUT2D eigenvalue weighted by Crippen LogP contribution is 2.30. The lowest BCUT2D eigenvalue weighted by Gasteiger charge is -2.24. The Balaban J connectivity index is 2.01. The van der Waals surface area contributed by atoms with Crippen LogP contribution in [0.15, 0.2) is 46.9 Å². The van der Waals surface area contributed by atoms with Gasteiger partial charge in [-0.15, -0.1) is 10.2 Å². The summed E-state index contributed by atoms with van der Waals surface area (Å²) in [6.45, 7) is 4.03. The number of nitrogens with zero attached hydrogens (tertiary/aromatic N) is 4. The van der Waals surface area contributed by atoms with Crippen molar-refractivity contribution in [1.29, 1.82) is 0 Å². The van der Waals surface area contributed by atoms with Crippen LogP contribution in [0.25, 0.3) is 0 Å². The molecule has 0 N–H and O–H groups in total. The Morgan fingerprint density at radius 1 is 1.26 bits per heavy atom. The van der Waals surface area contributed by atoms with Gasteiger partial charge in [-0.25, -0.2) is 0 Å². The van der Waals surface area contributed by atoms with Crippen molar-refractivity contribution in [3.63, 3.8) is 0 Å². The smallest absolute Gasteiger partial charge is 0.214 e. The van der Waals surface area contributed by atoms with Crippen molar-refractivity contribution in [3.05, 3.63) is 42.2 Å². The Morgan fingerprint density at radius 3 is 2.79 bits per heavy atom. The number of hydrogen-bond donors (Lipinski definition) is 0. The summed E-state index contributed by atoms with van der Waals surface area (Å²) < 4.78 is 7.62. The van der Waals surface area contributed by atoms with E-state index in [1.807, 2.05) is 44.2 Å². The summed E-state index contributed by atoms with van der Waals surface area (Å²) in [7, 11) is 0. The monoisotopic (exact) mass is 274 g/mol. The van der Waals surface area contributed by atoms with E-state index in [2.05, 4.69) is 15.3 Å². The molecule has 2 heterocycles.